The number of nitrogens with one attached hydrogen (secondary N) is 1. The number of hydrogen-bond donors (Lipinski definition) is 1. The summed E-state index contributed by atoms with van der Waals surface area (Å²) in [6.07, 6.45) is 5.62. The van der Waals surface area contributed by atoms with Crippen LogP contribution in [0.5, 0.6) is 0 Å². The molecule has 0 radical (unpaired) electrons. The smallest absolute Gasteiger partial charge is 0.166 e. The van der Waals surface area contributed by atoms with Crippen LogP contribution in [-0.2, 0) is 6.54 Å². The summed E-state index contributed by atoms with van der Waals surface area (Å²) >= 11 is 1.73. The molecule has 0 fully saturated rings. The van der Waals surface area contributed by atoms with Gasteiger partial charge in [0.25, 0.3) is 0 Å². The third-order valence-corrected chi connectivity index (χ3v) is 4.79. The standard InChI is InChI=1S/C20H18N4S/c1-3-7-16(8-4-1)18-19(17-9-5-2-6-10-17)23-20(22-18)25-14-13-24-12-11-21-15-24/h1-12,15H,13-14H2,(H,22,23). The maximum absolute atomic E-state index is 4.86. The largest absolute Gasteiger partial charge is 0.337 e. The Kier molecular flexibility index (Phi) is 4.65. The van der Waals surface area contributed by atoms with Crippen molar-refractivity contribution in [2.24, 2.45) is 0 Å². The second-order valence-corrected chi connectivity index (χ2v) is 6.73. The van der Waals surface area contributed by atoms with Gasteiger partial charge in [-0.25, -0.2) is 9.97 Å². The summed E-state index contributed by atoms with van der Waals surface area (Å²) < 4.78 is 2.08. The second-order valence-electron chi connectivity index (χ2n) is 5.65. The highest BCUT2D eigenvalue weighted by Crippen LogP contribution is 2.32. The molecular weight excluding hydrogens is 328 g/mol. The van der Waals surface area contributed by atoms with Gasteiger partial charge in [-0.3, -0.25) is 0 Å². The molecule has 4 rings (SSSR count). The number of hydrogen-bond acceptors (Lipinski definition) is 3. The lowest BCUT2D eigenvalue weighted by atomic mass is 10.1. The first-order chi connectivity index (χ1) is 12.4. The highest BCUT2D eigenvalue weighted by molar-refractivity contribution is 7.99. The first kappa shape index (κ1) is 15.7. The molecule has 2 aromatic carbocycles. The molecule has 2 heterocycles. The van der Waals surface area contributed by atoms with Gasteiger partial charge in [-0.15, -0.1) is 0 Å². The van der Waals surface area contributed by atoms with E-state index in [1.165, 1.54) is 0 Å². The molecule has 4 nitrogen and oxygen atoms in total. The normalized spacial score (nSPS) is 10.9. The molecule has 0 unspecified atom stereocenters. The molecule has 0 bridgehead atoms. The van der Waals surface area contributed by atoms with E-state index in [0.29, 0.717) is 0 Å². The van der Waals surface area contributed by atoms with E-state index < -0.39 is 0 Å². The number of aryl methyl sites for hydroxylation is 1. The minimum Gasteiger partial charge on any atom is -0.337 e. The summed E-state index contributed by atoms with van der Waals surface area (Å²) in [5, 5.41) is 0.942. The van der Waals surface area contributed by atoms with E-state index >= 15 is 0 Å². The summed E-state index contributed by atoms with van der Waals surface area (Å²) in [7, 11) is 0. The molecule has 2 aromatic heterocycles. The summed E-state index contributed by atoms with van der Waals surface area (Å²) in [5.74, 6) is 0.937. The Bertz CT molecular complexity index is 858. The fourth-order valence-electron chi connectivity index (χ4n) is 2.71. The van der Waals surface area contributed by atoms with Crippen LogP contribution in [0.1, 0.15) is 0 Å². The molecule has 0 amide bonds. The highest BCUT2D eigenvalue weighted by atomic mass is 32.2. The Labute approximate surface area is 151 Å². The van der Waals surface area contributed by atoms with Crippen molar-refractivity contribution in [2.45, 2.75) is 11.7 Å². The summed E-state index contributed by atoms with van der Waals surface area (Å²) in [4.78, 5) is 12.4. The van der Waals surface area contributed by atoms with Gasteiger partial charge in [-0.1, -0.05) is 72.4 Å². The van der Waals surface area contributed by atoms with Gasteiger partial charge >= 0.3 is 0 Å². The molecule has 1 N–H and O–H groups in total. The topological polar surface area (TPSA) is 46.5 Å². The molecule has 124 valence electrons. The van der Waals surface area contributed by atoms with Crippen molar-refractivity contribution < 1.29 is 0 Å². The number of aromatic nitrogens is 4. The molecule has 5 heteroatoms. The first-order valence-corrected chi connectivity index (χ1v) is 9.18. The summed E-state index contributed by atoms with van der Waals surface area (Å²) in [6, 6.07) is 20.7. The number of thioether (sulfide) groups is 1. The van der Waals surface area contributed by atoms with E-state index in [9.17, 15) is 0 Å². The van der Waals surface area contributed by atoms with Crippen molar-refractivity contribution in [3.63, 3.8) is 0 Å². The zero-order valence-corrected chi connectivity index (χ0v) is 14.5. The van der Waals surface area contributed by atoms with Gasteiger partial charge in [-0.2, -0.15) is 0 Å². The number of aromatic amines is 1. The lowest BCUT2D eigenvalue weighted by Gasteiger charge is -2.02. The highest BCUT2D eigenvalue weighted by Gasteiger charge is 2.14. The van der Waals surface area contributed by atoms with E-state index in [2.05, 4.69) is 50.9 Å². The molecule has 25 heavy (non-hydrogen) atoms. The molecule has 0 aliphatic rings. The lowest BCUT2D eigenvalue weighted by molar-refractivity contribution is 0.769. The number of imidazole rings is 2. The van der Waals surface area contributed by atoms with Crippen LogP contribution in [0, 0.1) is 0 Å². The average Bonchev–Trinajstić information content (AvgIpc) is 3.33. The van der Waals surface area contributed by atoms with Gasteiger partial charge in [0, 0.05) is 35.8 Å². The predicted octanol–water partition coefficient (Wildman–Crippen LogP) is 4.73. The molecule has 0 saturated heterocycles. The van der Waals surface area contributed by atoms with Crippen LogP contribution in [0.3, 0.4) is 0 Å². The SMILES string of the molecule is c1ccc(-c2nc(SCCn3ccnc3)[nH]c2-c2ccccc2)cc1. The quantitative estimate of drug-likeness (QED) is 0.513. The van der Waals surface area contributed by atoms with Crippen LogP contribution >= 0.6 is 11.8 Å². The Morgan fingerprint density at radius 3 is 2.32 bits per heavy atom. The van der Waals surface area contributed by atoms with E-state index in [1.54, 1.807) is 18.0 Å². The molecule has 4 aromatic rings. The van der Waals surface area contributed by atoms with Crippen molar-refractivity contribution in [2.75, 3.05) is 5.75 Å². The molecular formula is C20H18N4S. The molecule has 0 saturated carbocycles. The first-order valence-electron chi connectivity index (χ1n) is 8.19. The van der Waals surface area contributed by atoms with Gasteiger partial charge < -0.3 is 9.55 Å². The van der Waals surface area contributed by atoms with Crippen molar-refractivity contribution in [1.82, 2.24) is 19.5 Å². The summed E-state index contributed by atoms with van der Waals surface area (Å²) in [6.45, 7) is 0.909. The van der Waals surface area contributed by atoms with Crippen molar-refractivity contribution in [1.29, 1.82) is 0 Å². The van der Waals surface area contributed by atoms with Gasteiger partial charge in [0.1, 0.15) is 0 Å². The molecule has 0 atom stereocenters. The number of H-pyrrole nitrogens is 1. The van der Waals surface area contributed by atoms with Crippen LogP contribution in [-0.4, -0.2) is 25.3 Å². The zero-order valence-electron chi connectivity index (χ0n) is 13.7. The lowest BCUT2D eigenvalue weighted by Crippen LogP contribution is -1.96. The van der Waals surface area contributed by atoms with E-state index in [1.807, 2.05) is 36.8 Å². The van der Waals surface area contributed by atoms with Gasteiger partial charge in [0.15, 0.2) is 5.16 Å². The Hall–Kier alpha value is -2.79. The zero-order chi connectivity index (χ0) is 16.9. The minimum atomic E-state index is 0.909. The van der Waals surface area contributed by atoms with Crippen LogP contribution in [0.25, 0.3) is 22.5 Å². The van der Waals surface area contributed by atoms with E-state index in [4.69, 9.17) is 4.98 Å². The fraction of sp³-hybridized carbons (Fsp3) is 0.100. The second kappa shape index (κ2) is 7.40. The van der Waals surface area contributed by atoms with Crippen molar-refractivity contribution in [3.05, 3.63) is 79.4 Å². The third-order valence-electron chi connectivity index (χ3n) is 3.94. The van der Waals surface area contributed by atoms with Crippen LogP contribution < -0.4 is 0 Å². The molecule has 0 aliphatic carbocycles. The van der Waals surface area contributed by atoms with Crippen LogP contribution in [0.15, 0.2) is 84.5 Å². The van der Waals surface area contributed by atoms with E-state index in [0.717, 1.165) is 40.0 Å². The van der Waals surface area contributed by atoms with Crippen molar-refractivity contribution >= 4 is 11.8 Å². The van der Waals surface area contributed by atoms with Crippen LogP contribution in [0.2, 0.25) is 0 Å². The molecule has 0 spiro atoms. The maximum Gasteiger partial charge on any atom is 0.166 e. The Balaban J connectivity index is 1.61. The monoisotopic (exact) mass is 346 g/mol. The molecule has 0 aliphatic heterocycles. The third kappa shape index (κ3) is 3.67. The van der Waals surface area contributed by atoms with Gasteiger partial charge in [-0.05, 0) is 0 Å². The van der Waals surface area contributed by atoms with Gasteiger partial charge in [0.05, 0.1) is 17.7 Å². The van der Waals surface area contributed by atoms with E-state index in [-0.39, 0.29) is 0 Å². The summed E-state index contributed by atoms with van der Waals surface area (Å²) in [5.41, 5.74) is 4.34. The predicted molar refractivity (Wildman–Crippen MR) is 102 cm³/mol. The average molecular weight is 346 g/mol. The number of rotatable bonds is 6. The van der Waals surface area contributed by atoms with Crippen LogP contribution in [0.4, 0.5) is 0 Å². The Morgan fingerprint density at radius 2 is 1.64 bits per heavy atom. The van der Waals surface area contributed by atoms with Gasteiger partial charge in [0.2, 0.25) is 0 Å². The maximum atomic E-state index is 4.86. The fourth-order valence-corrected chi connectivity index (χ4v) is 3.53. The minimum absolute atomic E-state index is 0.909. The number of benzene rings is 2. The van der Waals surface area contributed by atoms with Crippen molar-refractivity contribution in [3.8, 4) is 22.5 Å². The Morgan fingerprint density at radius 1 is 0.920 bits per heavy atom. The number of nitrogens with zero attached hydrogens (tertiary/aromatic N) is 3.